The molecular formula is C20H30MoN8O2S10. The van der Waals surface area contributed by atoms with E-state index in [2.05, 4.69) is 47.4 Å². The molecule has 228 valence electrons. The summed E-state index contributed by atoms with van der Waals surface area (Å²) >= 11 is 41.9. The van der Waals surface area contributed by atoms with Gasteiger partial charge in [-0.05, 0) is 45.9 Å². The van der Waals surface area contributed by atoms with Crippen molar-refractivity contribution in [1.29, 1.82) is 0 Å². The van der Waals surface area contributed by atoms with Crippen LogP contribution in [0.1, 0.15) is 12.8 Å². The molecule has 0 saturated carbocycles. The van der Waals surface area contributed by atoms with E-state index in [0.717, 1.165) is 75.1 Å². The molecule has 4 aliphatic heterocycles. The SMILES string of the molecule is S=C([S-])N(N1C=CCC1)N(C(=S)S)N1CCSCC1.S=C([S-])N(N1C=CCC1)N(C(=S)S)N1CCSCC1.[O]=[Mo+2]=[O]. The van der Waals surface area contributed by atoms with Crippen LogP contribution in [0.3, 0.4) is 0 Å². The van der Waals surface area contributed by atoms with Gasteiger partial charge in [0.05, 0.1) is 0 Å². The zero-order valence-corrected chi connectivity index (χ0v) is 32.1. The van der Waals surface area contributed by atoms with Crippen molar-refractivity contribution in [3.63, 3.8) is 0 Å². The summed E-state index contributed by atoms with van der Waals surface area (Å²) in [4.78, 5) is 0. The van der Waals surface area contributed by atoms with Gasteiger partial charge in [0.2, 0.25) is 0 Å². The van der Waals surface area contributed by atoms with E-state index in [0.29, 0.717) is 17.3 Å². The van der Waals surface area contributed by atoms with Crippen LogP contribution in [0.25, 0.3) is 0 Å². The molecule has 21 heteroatoms. The van der Waals surface area contributed by atoms with Gasteiger partial charge in [-0.2, -0.15) is 54.0 Å². The van der Waals surface area contributed by atoms with Crippen molar-refractivity contribution < 1.29 is 25.3 Å². The average molecular weight is 831 g/mol. The third-order valence-corrected chi connectivity index (χ3v) is 8.85. The Hall–Kier alpha value is 0.688. The third-order valence-electron chi connectivity index (χ3n) is 5.63. The quantitative estimate of drug-likeness (QED) is 0.144. The summed E-state index contributed by atoms with van der Waals surface area (Å²) in [5, 5.41) is 15.4. The number of thioether (sulfide) groups is 2. The Bertz CT molecular complexity index is 937. The van der Waals surface area contributed by atoms with Gasteiger partial charge in [-0.25, -0.2) is 0 Å². The number of rotatable bonds is 4. The molecule has 10 nitrogen and oxygen atoms in total. The number of nitrogens with zero attached hydrogens (tertiary/aromatic N) is 8. The topological polar surface area (TPSA) is 60.1 Å². The first-order valence-corrected chi connectivity index (χ1v) is 19.4. The minimum atomic E-state index is -2.03. The molecule has 4 rings (SSSR count). The molecule has 0 bridgehead atoms. The molecule has 0 spiro atoms. The van der Waals surface area contributed by atoms with E-state index in [1.807, 2.05) is 56.2 Å². The van der Waals surface area contributed by atoms with Gasteiger partial charge in [0.15, 0.2) is 8.64 Å². The molecular weight excluding hydrogens is 801 g/mol. The summed E-state index contributed by atoms with van der Waals surface area (Å²) in [7, 11) is 0. The van der Waals surface area contributed by atoms with E-state index in [-0.39, 0.29) is 0 Å². The van der Waals surface area contributed by atoms with E-state index in [1.165, 1.54) is 0 Å². The van der Waals surface area contributed by atoms with Crippen LogP contribution in [-0.2, 0) is 50.5 Å². The predicted octanol–water partition coefficient (Wildman–Crippen LogP) is 3.06. The molecule has 0 radical (unpaired) electrons. The summed E-state index contributed by atoms with van der Waals surface area (Å²) in [6.07, 6.45) is 10.1. The number of hydrazine groups is 6. The Labute approximate surface area is 302 Å². The first-order valence-electron chi connectivity index (χ1n) is 12.2. The van der Waals surface area contributed by atoms with Crippen LogP contribution in [0.15, 0.2) is 24.6 Å². The summed E-state index contributed by atoms with van der Waals surface area (Å²) in [5.41, 5.74) is 0. The Morgan fingerprint density at radius 2 is 0.976 bits per heavy atom. The van der Waals surface area contributed by atoms with E-state index in [1.54, 1.807) is 10.2 Å². The van der Waals surface area contributed by atoms with Gasteiger partial charge in [-0.1, -0.05) is 12.2 Å². The van der Waals surface area contributed by atoms with Gasteiger partial charge in [0, 0.05) is 74.7 Å². The van der Waals surface area contributed by atoms with E-state index >= 15 is 0 Å². The van der Waals surface area contributed by atoms with Gasteiger partial charge in [-0.15, -0.1) is 25.3 Å². The van der Waals surface area contributed by atoms with Gasteiger partial charge in [0.25, 0.3) is 0 Å². The molecule has 0 atom stereocenters. The summed E-state index contributed by atoms with van der Waals surface area (Å²) in [6, 6.07) is 0. The summed E-state index contributed by atoms with van der Waals surface area (Å²) in [5.74, 6) is 4.28. The fourth-order valence-corrected chi connectivity index (χ4v) is 7.29. The maximum atomic E-state index is 8.50. The van der Waals surface area contributed by atoms with Crippen LogP contribution in [0.5, 0.6) is 0 Å². The zero-order valence-electron chi connectivity index (χ0n) is 21.8. The van der Waals surface area contributed by atoms with Crippen molar-refractivity contribution in [3.8, 4) is 0 Å². The van der Waals surface area contributed by atoms with Crippen molar-refractivity contribution in [1.82, 2.24) is 40.5 Å². The van der Waals surface area contributed by atoms with E-state index in [9.17, 15) is 0 Å². The summed E-state index contributed by atoms with van der Waals surface area (Å²) in [6.45, 7) is 5.36. The van der Waals surface area contributed by atoms with Crippen LogP contribution in [-0.4, -0.2) is 120 Å². The number of thiol groups is 2. The fraction of sp³-hybridized carbons (Fsp3) is 0.600. The molecule has 2 saturated heterocycles. The molecule has 0 aromatic carbocycles. The first-order chi connectivity index (χ1) is 19.6. The fourth-order valence-electron chi connectivity index (χ4n) is 3.98. The molecule has 0 amide bonds. The molecule has 2 fully saturated rings. The standard InChI is InChI=1S/2C10H16N4S5.Mo.2O/c2*15-9(16)13(11-3-1-2-4-11)14(10(17)18)12-5-7-19-8-6-12;;;/h2*1,3H,2,4-8H2,(H,15,16)(H,17,18);;;/q;;+2;;/p-2. The Kier molecular flexibility index (Phi) is 19.1. The Morgan fingerprint density at radius 3 is 1.20 bits per heavy atom. The van der Waals surface area contributed by atoms with Crippen molar-refractivity contribution in [3.05, 3.63) is 24.6 Å². The molecule has 0 unspecified atom stereocenters. The van der Waals surface area contributed by atoms with E-state index in [4.69, 9.17) is 80.9 Å². The van der Waals surface area contributed by atoms with Gasteiger partial charge in [0.1, 0.15) is 0 Å². The number of thiocarbonyl (C=S) groups is 4. The number of hydrogen-bond donors (Lipinski definition) is 2. The minimum absolute atomic E-state index is 0.348. The second kappa shape index (κ2) is 20.7. The van der Waals surface area contributed by atoms with Crippen LogP contribution >= 0.6 is 97.7 Å². The van der Waals surface area contributed by atoms with Crippen LogP contribution < -0.4 is 0 Å². The first kappa shape index (κ1) is 37.9. The second-order valence-electron chi connectivity index (χ2n) is 8.13. The van der Waals surface area contributed by atoms with Gasteiger partial charge < -0.3 is 49.7 Å². The Morgan fingerprint density at radius 1 is 0.659 bits per heavy atom. The zero-order chi connectivity index (χ0) is 30.4. The number of hydrogen-bond acceptors (Lipinski definition) is 14. The molecule has 41 heavy (non-hydrogen) atoms. The molecule has 0 N–H and O–H groups in total. The van der Waals surface area contributed by atoms with E-state index < -0.39 is 18.5 Å². The summed E-state index contributed by atoms with van der Waals surface area (Å²) < 4.78 is 18.6. The molecule has 0 aromatic rings. The third kappa shape index (κ3) is 12.2. The second-order valence-corrected chi connectivity index (χ2v) is 15.2. The van der Waals surface area contributed by atoms with Gasteiger partial charge in [-0.3, -0.25) is 10.0 Å². The van der Waals surface area contributed by atoms with Crippen molar-refractivity contribution in [2.75, 3.05) is 62.3 Å². The van der Waals surface area contributed by atoms with Crippen LogP contribution in [0, 0.1) is 0 Å². The monoisotopic (exact) mass is 832 g/mol. The van der Waals surface area contributed by atoms with Gasteiger partial charge >= 0.3 is 25.3 Å². The predicted molar refractivity (Wildman–Crippen MR) is 191 cm³/mol. The van der Waals surface area contributed by atoms with Crippen molar-refractivity contribution in [2.45, 2.75) is 12.8 Å². The molecule has 4 heterocycles. The average Bonchev–Trinajstić information content (AvgIpc) is 3.66. The van der Waals surface area contributed by atoms with Crippen molar-refractivity contribution >= 4 is 140 Å². The molecule has 0 aromatic heterocycles. The van der Waals surface area contributed by atoms with Crippen molar-refractivity contribution in [2.24, 2.45) is 0 Å². The molecule has 0 aliphatic carbocycles. The maximum absolute atomic E-state index is 8.50. The Balaban J connectivity index is 0.000000262. The normalized spacial score (nSPS) is 18.3. The van der Waals surface area contributed by atoms with Crippen LogP contribution in [0.4, 0.5) is 0 Å². The molecule has 4 aliphatic rings. The van der Waals surface area contributed by atoms with Crippen LogP contribution in [0.2, 0.25) is 0 Å².